The number of benzene rings is 2. The predicted molar refractivity (Wildman–Crippen MR) is 89.3 cm³/mol. The summed E-state index contributed by atoms with van der Waals surface area (Å²) in [7, 11) is 3.69. The fourth-order valence-corrected chi connectivity index (χ4v) is 2.58. The molecule has 0 radical (unpaired) electrons. The third-order valence-corrected chi connectivity index (χ3v) is 4.24. The molecule has 1 unspecified atom stereocenters. The van der Waals surface area contributed by atoms with Gasteiger partial charge in [-0.2, -0.15) is 0 Å². The molecule has 2 aromatic carbocycles. The summed E-state index contributed by atoms with van der Waals surface area (Å²) in [5.41, 5.74) is 3.73. The van der Waals surface area contributed by atoms with Crippen molar-refractivity contribution in [1.82, 2.24) is 5.32 Å². The first-order valence-electron chi connectivity index (χ1n) is 7.20. The van der Waals surface area contributed by atoms with E-state index >= 15 is 0 Å². The molecule has 112 valence electrons. The molecule has 3 heteroatoms. The molecule has 2 aromatic rings. The molecule has 0 aliphatic rings. The van der Waals surface area contributed by atoms with Gasteiger partial charge in [-0.1, -0.05) is 35.9 Å². The second-order valence-electron chi connectivity index (χ2n) is 5.24. The molecule has 0 bridgehead atoms. The summed E-state index contributed by atoms with van der Waals surface area (Å²) in [6, 6.07) is 14.8. The van der Waals surface area contributed by atoms with E-state index in [1.54, 1.807) is 7.11 Å². The maximum absolute atomic E-state index is 6.10. The largest absolute Gasteiger partial charge is 0.497 e. The number of methoxy groups -OCH3 is 1. The number of halogens is 1. The van der Waals surface area contributed by atoms with Crippen molar-refractivity contribution in [2.24, 2.45) is 0 Å². The molecule has 0 spiro atoms. The fourth-order valence-electron chi connectivity index (χ4n) is 2.47. The van der Waals surface area contributed by atoms with E-state index in [0.717, 1.165) is 29.2 Å². The van der Waals surface area contributed by atoms with Crippen LogP contribution >= 0.6 is 11.6 Å². The Balaban J connectivity index is 2.02. The van der Waals surface area contributed by atoms with Gasteiger partial charge in [-0.25, -0.2) is 0 Å². The Morgan fingerprint density at radius 1 is 1.14 bits per heavy atom. The zero-order valence-corrected chi connectivity index (χ0v) is 13.6. The van der Waals surface area contributed by atoms with Crippen molar-refractivity contribution in [3.63, 3.8) is 0 Å². The Labute approximate surface area is 132 Å². The van der Waals surface area contributed by atoms with Crippen molar-refractivity contribution in [2.45, 2.75) is 25.8 Å². The van der Waals surface area contributed by atoms with Crippen LogP contribution in [0.25, 0.3) is 0 Å². The van der Waals surface area contributed by atoms with E-state index in [2.05, 4.69) is 29.6 Å². The molecule has 2 rings (SSSR count). The summed E-state index contributed by atoms with van der Waals surface area (Å²) in [6.07, 6.45) is 2.07. The van der Waals surface area contributed by atoms with Gasteiger partial charge in [0.1, 0.15) is 5.75 Å². The molecule has 21 heavy (non-hydrogen) atoms. The van der Waals surface area contributed by atoms with Crippen molar-refractivity contribution in [3.8, 4) is 5.75 Å². The Morgan fingerprint density at radius 2 is 1.86 bits per heavy atom. The highest BCUT2D eigenvalue weighted by Gasteiger charge is 2.10. The molecular formula is C18H22ClNO. The van der Waals surface area contributed by atoms with Crippen LogP contribution in [-0.4, -0.2) is 14.2 Å². The fraction of sp³-hybridized carbons (Fsp3) is 0.333. The average molecular weight is 304 g/mol. The third-order valence-electron chi connectivity index (χ3n) is 3.81. The van der Waals surface area contributed by atoms with Gasteiger partial charge in [0, 0.05) is 11.1 Å². The molecule has 0 aliphatic carbocycles. The second-order valence-corrected chi connectivity index (χ2v) is 5.64. The monoisotopic (exact) mass is 303 g/mol. The summed E-state index contributed by atoms with van der Waals surface area (Å²) in [5.74, 6) is 0.900. The van der Waals surface area contributed by atoms with Crippen molar-refractivity contribution in [2.75, 3.05) is 14.2 Å². The molecule has 0 amide bonds. The van der Waals surface area contributed by atoms with Crippen LogP contribution in [0.1, 0.15) is 29.2 Å². The van der Waals surface area contributed by atoms with Gasteiger partial charge in [0.05, 0.1) is 7.11 Å². The van der Waals surface area contributed by atoms with Crippen LogP contribution in [-0.2, 0) is 6.42 Å². The molecule has 0 saturated heterocycles. The van der Waals surface area contributed by atoms with Gasteiger partial charge < -0.3 is 10.1 Å². The number of nitrogens with one attached hydrogen (secondary N) is 1. The highest BCUT2D eigenvalue weighted by atomic mass is 35.5. The SMILES string of the molecule is CNC(CCc1ccc(OC)cc1)c1ccc(Cl)c(C)c1. The van der Waals surface area contributed by atoms with E-state index in [4.69, 9.17) is 16.3 Å². The summed E-state index contributed by atoms with van der Waals surface area (Å²) >= 11 is 6.10. The minimum absolute atomic E-state index is 0.336. The quantitative estimate of drug-likeness (QED) is 0.845. The van der Waals surface area contributed by atoms with Crippen molar-refractivity contribution in [1.29, 1.82) is 0 Å². The number of ether oxygens (including phenoxy) is 1. The third kappa shape index (κ3) is 4.23. The van der Waals surface area contributed by atoms with Crippen molar-refractivity contribution in [3.05, 3.63) is 64.2 Å². The van der Waals surface area contributed by atoms with E-state index in [-0.39, 0.29) is 0 Å². The number of aryl methyl sites for hydroxylation is 2. The molecule has 0 aliphatic heterocycles. The Kier molecular flexibility index (Phi) is 5.66. The van der Waals surface area contributed by atoms with Crippen LogP contribution in [0, 0.1) is 6.92 Å². The smallest absolute Gasteiger partial charge is 0.118 e. The Hall–Kier alpha value is -1.51. The number of hydrogen-bond acceptors (Lipinski definition) is 2. The topological polar surface area (TPSA) is 21.3 Å². The average Bonchev–Trinajstić information content (AvgIpc) is 2.52. The zero-order chi connectivity index (χ0) is 15.2. The molecule has 1 N–H and O–H groups in total. The van der Waals surface area contributed by atoms with E-state index < -0.39 is 0 Å². The lowest BCUT2D eigenvalue weighted by molar-refractivity contribution is 0.414. The summed E-state index contributed by atoms with van der Waals surface area (Å²) in [5, 5.41) is 4.21. The van der Waals surface area contributed by atoms with Crippen LogP contribution < -0.4 is 10.1 Å². The van der Waals surface area contributed by atoms with Gasteiger partial charge in [-0.3, -0.25) is 0 Å². The molecule has 0 aromatic heterocycles. The minimum Gasteiger partial charge on any atom is -0.497 e. The van der Waals surface area contributed by atoms with Crippen LogP contribution in [0.15, 0.2) is 42.5 Å². The van der Waals surface area contributed by atoms with Gasteiger partial charge in [0.15, 0.2) is 0 Å². The lowest BCUT2D eigenvalue weighted by atomic mass is 9.98. The number of hydrogen-bond donors (Lipinski definition) is 1. The zero-order valence-electron chi connectivity index (χ0n) is 12.8. The lowest BCUT2D eigenvalue weighted by Gasteiger charge is -2.17. The van der Waals surface area contributed by atoms with Crippen molar-refractivity contribution >= 4 is 11.6 Å². The summed E-state index contributed by atoms with van der Waals surface area (Å²) in [6.45, 7) is 2.04. The van der Waals surface area contributed by atoms with Crippen LogP contribution in [0.4, 0.5) is 0 Å². The first-order chi connectivity index (χ1) is 10.1. The maximum atomic E-state index is 6.10. The summed E-state index contributed by atoms with van der Waals surface area (Å²) in [4.78, 5) is 0. The van der Waals surface area contributed by atoms with E-state index in [0.29, 0.717) is 6.04 Å². The number of rotatable bonds is 6. The van der Waals surface area contributed by atoms with E-state index in [9.17, 15) is 0 Å². The Morgan fingerprint density at radius 3 is 2.43 bits per heavy atom. The first kappa shape index (κ1) is 15.9. The van der Waals surface area contributed by atoms with Gasteiger partial charge in [0.25, 0.3) is 0 Å². The van der Waals surface area contributed by atoms with E-state index in [1.165, 1.54) is 11.1 Å². The standard InChI is InChI=1S/C18H22ClNO/c1-13-12-15(7-10-17(13)19)18(20-2)11-6-14-4-8-16(21-3)9-5-14/h4-5,7-10,12,18,20H,6,11H2,1-3H3. The Bertz CT molecular complexity index is 580. The van der Waals surface area contributed by atoms with E-state index in [1.807, 2.05) is 32.2 Å². The normalized spacial score (nSPS) is 12.2. The maximum Gasteiger partial charge on any atom is 0.118 e. The second kappa shape index (κ2) is 7.48. The van der Waals surface area contributed by atoms with Gasteiger partial charge in [0.2, 0.25) is 0 Å². The molecule has 1 atom stereocenters. The van der Waals surface area contributed by atoms with Crippen LogP contribution in [0.3, 0.4) is 0 Å². The van der Waals surface area contributed by atoms with Crippen LogP contribution in [0.2, 0.25) is 5.02 Å². The van der Waals surface area contributed by atoms with Gasteiger partial charge >= 0.3 is 0 Å². The lowest BCUT2D eigenvalue weighted by Crippen LogP contribution is -2.17. The van der Waals surface area contributed by atoms with Crippen LogP contribution in [0.5, 0.6) is 5.75 Å². The minimum atomic E-state index is 0.336. The van der Waals surface area contributed by atoms with Crippen molar-refractivity contribution < 1.29 is 4.74 Å². The summed E-state index contributed by atoms with van der Waals surface area (Å²) < 4.78 is 5.18. The molecule has 0 saturated carbocycles. The molecule has 0 fully saturated rings. The van der Waals surface area contributed by atoms with Gasteiger partial charge in [-0.05, 0) is 61.7 Å². The predicted octanol–water partition coefficient (Wildman–Crippen LogP) is 4.55. The highest BCUT2D eigenvalue weighted by molar-refractivity contribution is 6.31. The molecular weight excluding hydrogens is 282 g/mol. The highest BCUT2D eigenvalue weighted by Crippen LogP contribution is 2.24. The first-order valence-corrected chi connectivity index (χ1v) is 7.58. The molecule has 0 heterocycles. The van der Waals surface area contributed by atoms with Gasteiger partial charge in [-0.15, -0.1) is 0 Å². The molecule has 2 nitrogen and oxygen atoms in total.